The van der Waals surface area contributed by atoms with E-state index in [4.69, 9.17) is 12.2 Å². The third kappa shape index (κ3) is 3.04. The highest BCUT2D eigenvalue weighted by Crippen LogP contribution is 2.36. The van der Waals surface area contributed by atoms with Gasteiger partial charge in [-0.2, -0.15) is 0 Å². The second-order valence-electron chi connectivity index (χ2n) is 7.44. The van der Waals surface area contributed by atoms with Gasteiger partial charge in [-0.05, 0) is 31.2 Å². The summed E-state index contributed by atoms with van der Waals surface area (Å²) >= 11 is 6.70. The van der Waals surface area contributed by atoms with Crippen LogP contribution in [0.25, 0.3) is 22.8 Å². The number of thioether (sulfide) groups is 1. The number of amides is 1. The smallest absolute Gasteiger partial charge is 0.296 e. The molecule has 3 heterocycles. The van der Waals surface area contributed by atoms with Crippen molar-refractivity contribution in [1.82, 2.24) is 18.9 Å². The van der Waals surface area contributed by atoms with Crippen molar-refractivity contribution < 1.29 is 4.79 Å². The van der Waals surface area contributed by atoms with E-state index in [1.54, 1.807) is 22.5 Å². The average molecular weight is 462 g/mol. The Labute approximate surface area is 193 Å². The van der Waals surface area contributed by atoms with Crippen molar-refractivity contribution in [3.63, 3.8) is 0 Å². The third-order valence-corrected chi connectivity index (χ3v) is 6.93. The molecular formula is C23H19N5O2S2. The molecular weight excluding hydrogens is 442 g/mol. The molecule has 1 aliphatic heterocycles. The molecule has 0 bridgehead atoms. The van der Waals surface area contributed by atoms with Crippen LogP contribution in [-0.2, 0) is 18.9 Å². The molecule has 4 aromatic rings. The molecule has 0 atom stereocenters. The largest absolute Gasteiger partial charge is 0.328 e. The number of thiocarbonyl (C=S) groups is 1. The van der Waals surface area contributed by atoms with Crippen molar-refractivity contribution in [1.29, 1.82) is 0 Å². The highest BCUT2D eigenvalue weighted by Gasteiger charge is 2.38. The molecule has 0 saturated carbocycles. The lowest BCUT2D eigenvalue weighted by Crippen LogP contribution is -2.33. The Hall–Kier alpha value is -3.43. The fourth-order valence-electron chi connectivity index (χ4n) is 3.88. The molecule has 0 aliphatic carbocycles. The van der Waals surface area contributed by atoms with Crippen molar-refractivity contribution in [2.75, 3.05) is 4.90 Å². The molecule has 1 fully saturated rings. The minimum absolute atomic E-state index is 0.271. The van der Waals surface area contributed by atoms with Gasteiger partial charge < -0.3 is 4.57 Å². The van der Waals surface area contributed by atoms with E-state index in [2.05, 4.69) is 4.98 Å². The Kier molecular flexibility index (Phi) is 4.87. The van der Waals surface area contributed by atoms with E-state index in [9.17, 15) is 9.59 Å². The average Bonchev–Trinajstić information content (AvgIpc) is 3.33. The molecule has 160 valence electrons. The van der Waals surface area contributed by atoms with E-state index in [0.29, 0.717) is 20.7 Å². The number of imidazole rings is 1. The molecule has 7 nitrogen and oxygen atoms in total. The zero-order chi connectivity index (χ0) is 22.6. The van der Waals surface area contributed by atoms with Crippen LogP contribution in [0.5, 0.6) is 0 Å². The monoisotopic (exact) mass is 461 g/mol. The van der Waals surface area contributed by atoms with Crippen LogP contribution in [-0.4, -0.2) is 29.1 Å². The van der Waals surface area contributed by atoms with Crippen molar-refractivity contribution in [2.24, 2.45) is 14.1 Å². The molecule has 1 amide bonds. The lowest BCUT2D eigenvalue weighted by atomic mass is 10.3. The van der Waals surface area contributed by atoms with E-state index >= 15 is 0 Å². The van der Waals surface area contributed by atoms with Gasteiger partial charge in [0.05, 0.1) is 27.3 Å². The molecule has 2 aromatic heterocycles. The van der Waals surface area contributed by atoms with Gasteiger partial charge in [-0.1, -0.05) is 54.3 Å². The zero-order valence-corrected chi connectivity index (χ0v) is 19.3. The summed E-state index contributed by atoms with van der Waals surface area (Å²) in [7, 11) is 3.70. The molecule has 0 N–H and O–H groups in total. The standard InChI is InChI=1S/C23H19N5O2S2/c1-14-20(22(30)28(26(14)3)15-9-5-4-6-10-15)27-21(29)18(32-23(27)31)13-19-24-16-11-7-8-12-17(16)25(19)2/h4-13H,1-3H3. The number of carbonyl (C=O) groups is 1. The van der Waals surface area contributed by atoms with Gasteiger partial charge in [-0.25, -0.2) is 9.67 Å². The number of hydrogen-bond donors (Lipinski definition) is 0. The number of benzene rings is 2. The molecule has 0 radical (unpaired) electrons. The highest BCUT2D eigenvalue weighted by atomic mass is 32.2. The number of aryl methyl sites for hydroxylation is 1. The summed E-state index contributed by atoms with van der Waals surface area (Å²) < 4.78 is 5.53. The SMILES string of the molecule is Cc1c(N2C(=O)C(=Cc3nc4ccccc4n3C)SC2=S)c(=O)n(-c2ccccc2)n1C. The Balaban J connectivity index is 1.59. The first kappa shape index (κ1) is 20.5. The van der Waals surface area contributed by atoms with Gasteiger partial charge in [-0.3, -0.25) is 19.2 Å². The van der Waals surface area contributed by atoms with Gasteiger partial charge in [0.1, 0.15) is 11.5 Å². The van der Waals surface area contributed by atoms with Crippen molar-refractivity contribution in [2.45, 2.75) is 6.92 Å². The van der Waals surface area contributed by atoms with Crippen LogP contribution >= 0.6 is 24.0 Å². The second-order valence-corrected chi connectivity index (χ2v) is 9.12. The minimum Gasteiger partial charge on any atom is -0.328 e. The third-order valence-electron chi connectivity index (χ3n) is 5.62. The van der Waals surface area contributed by atoms with E-state index in [0.717, 1.165) is 16.7 Å². The number of para-hydroxylation sites is 3. The first-order valence-electron chi connectivity index (χ1n) is 9.92. The van der Waals surface area contributed by atoms with Crippen molar-refractivity contribution in [3.8, 4) is 5.69 Å². The summed E-state index contributed by atoms with van der Waals surface area (Å²) in [6.07, 6.45) is 1.73. The fourth-order valence-corrected chi connectivity index (χ4v) is 5.12. The van der Waals surface area contributed by atoms with Gasteiger partial charge in [0.15, 0.2) is 4.32 Å². The summed E-state index contributed by atoms with van der Waals surface area (Å²) in [5.41, 5.74) is 3.16. The summed E-state index contributed by atoms with van der Waals surface area (Å²) in [5.74, 6) is 0.330. The van der Waals surface area contributed by atoms with E-state index in [1.165, 1.54) is 16.7 Å². The fraction of sp³-hybridized carbons (Fsp3) is 0.130. The van der Waals surface area contributed by atoms with Crippen LogP contribution in [0.4, 0.5) is 5.69 Å². The van der Waals surface area contributed by atoms with Crippen LogP contribution in [0.1, 0.15) is 11.5 Å². The quantitative estimate of drug-likeness (QED) is 0.343. The minimum atomic E-state index is -0.321. The van der Waals surface area contributed by atoms with Crippen LogP contribution < -0.4 is 10.5 Å². The van der Waals surface area contributed by atoms with Crippen LogP contribution in [0.3, 0.4) is 0 Å². The van der Waals surface area contributed by atoms with E-state index in [-0.39, 0.29) is 17.2 Å². The number of rotatable bonds is 3. The predicted octanol–water partition coefficient (Wildman–Crippen LogP) is 3.78. The predicted molar refractivity (Wildman–Crippen MR) is 132 cm³/mol. The van der Waals surface area contributed by atoms with Crippen LogP contribution in [0, 0.1) is 6.92 Å². The first-order valence-corrected chi connectivity index (χ1v) is 11.1. The number of nitrogens with zero attached hydrogens (tertiary/aromatic N) is 5. The molecule has 0 spiro atoms. The van der Waals surface area contributed by atoms with Crippen LogP contribution in [0.2, 0.25) is 0 Å². The molecule has 32 heavy (non-hydrogen) atoms. The Morgan fingerprint density at radius 2 is 1.69 bits per heavy atom. The molecule has 2 aromatic carbocycles. The number of hydrogen-bond acceptors (Lipinski definition) is 5. The summed E-state index contributed by atoms with van der Waals surface area (Å²) in [5, 5.41) is 0. The van der Waals surface area contributed by atoms with Gasteiger partial charge in [-0.15, -0.1) is 0 Å². The first-order chi connectivity index (χ1) is 15.4. The Morgan fingerprint density at radius 1 is 1.00 bits per heavy atom. The van der Waals surface area contributed by atoms with Gasteiger partial charge in [0.25, 0.3) is 11.5 Å². The van der Waals surface area contributed by atoms with Gasteiger partial charge in [0.2, 0.25) is 0 Å². The lowest BCUT2D eigenvalue weighted by molar-refractivity contribution is -0.113. The normalized spacial score (nSPS) is 15.5. The molecule has 5 rings (SSSR count). The molecule has 9 heteroatoms. The number of aromatic nitrogens is 4. The maximum absolute atomic E-state index is 13.4. The highest BCUT2D eigenvalue weighted by molar-refractivity contribution is 8.27. The van der Waals surface area contributed by atoms with Gasteiger partial charge in [0, 0.05) is 20.2 Å². The zero-order valence-electron chi connectivity index (χ0n) is 17.6. The Morgan fingerprint density at radius 3 is 2.41 bits per heavy atom. The van der Waals surface area contributed by atoms with Crippen molar-refractivity contribution in [3.05, 3.63) is 81.4 Å². The number of anilines is 1. The van der Waals surface area contributed by atoms with Gasteiger partial charge >= 0.3 is 0 Å². The van der Waals surface area contributed by atoms with E-state index < -0.39 is 0 Å². The summed E-state index contributed by atoms with van der Waals surface area (Å²) in [4.78, 5) is 33.1. The number of carbonyl (C=O) groups excluding carboxylic acids is 1. The lowest BCUT2D eigenvalue weighted by Gasteiger charge is -2.12. The molecule has 1 saturated heterocycles. The van der Waals surface area contributed by atoms with E-state index in [1.807, 2.05) is 73.1 Å². The second kappa shape index (κ2) is 7.61. The maximum atomic E-state index is 13.4. The maximum Gasteiger partial charge on any atom is 0.296 e. The summed E-state index contributed by atoms with van der Waals surface area (Å²) in [6.45, 7) is 1.81. The Bertz CT molecular complexity index is 1490. The molecule has 0 unspecified atom stereocenters. The number of fused-ring (bicyclic) bond motifs is 1. The molecule has 1 aliphatic rings. The topological polar surface area (TPSA) is 65.1 Å². The van der Waals surface area contributed by atoms with Crippen molar-refractivity contribution >= 4 is 57.0 Å². The van der Waals surface area contributed by atoms with Crippen LogP contribution in [0.15, 0.2) is 64.3 Å². The summed E-state index contributed by atoms with van der Waals surface area (Å²) in [6, 6.07) is 17.1.